The first-order chi connectivity index (χ1) is 6.06. The average Bonchev–Trinajstić information content (AvgIpc) is 2.12. The molecule has 0 atom stereocenters. The minimum Gasteiger partial charge on any atom is -0.504 e. The van der Waals surface area contributed by atoms with Crippen LogP contribution in [0.3, 0.4) is 0 Å². The molecule has 0 fully saturated rings. The van der Waals surface area contributed by atoms with Gasteiger partial charge in [-0.2, -0.15) is 0 Å². The maximum atomic E-state index is 11.0. The van der Waals surface area contributed by atoms with Gasteiger partial charge in [0, 0.05) is 5.56 Å². The third kappa shape index (κ3) is 1.84. The molecule has 1 rings (SSSR count). The summed E-state index contributed by atoms with van der Waals surface area (Å²) in [6.45, 7) is 0. The van der Waals surface area contributed by atoms with Crippen LogP contribution in [0.2, 0.25) is 0 Å². The summed E-state index contributed by atoms with van der Waals surface area (Å²) in [5.74, 6) is -2.43. The van der Waals surface area contributed by atoms with Crippen molar-refractivity contribution in [2.75, 3.05) is 5.88 Å². The molecule has 0 unspecified atom stereocenters. The van der Waals surface area contributed by atoms with E-state index in [2.05, 4.69) is 0 Å². The van der Waals surface area contributed by atoms with Gasteiger partial charge in [0.1, 0.15) is 0 Å². The fourth-order valence-electron chi connectivity index (χ4n) is 0.842. The van der Waals surface area contributed by atoms with E-state index in [4.69, 9.17) is 26.9 Å². The number of ketones is 1. The Labute approximate surface area is 79.0 Å². The summed E-state index contributed by atoms with van der Waals surface area (Å²) in [7, 11) is 0. The van der Waals surface area contributed by atoms with Crippen LogP contribution in [-0.2, 0) is 0 Å². The minimum atomic E-state index is -0.647. The molecule has 0 saturated heterocycles. The molecule has 0 aromatic heterocycles. The van der Waals surface area contributed by atoms with Crippen molar-refractivity contribution in [3.63, 3.8) is 0 Å². The van der Waals surface area contributed by atoms with E-state index in [1.165, 1.54) is 0 Å². The maximum Gasteiger partial charge on any atom is 0.200 e. The molecule has 4 nitrogen and oxygen atoms in total. The van der Waals surface area contributed by atoms with Gasteiger partial charge in [0.15, 0.2) is 23.0 Å². The topological polar surface area (TPSA) is 77.8 Å². The second-order valence-electron chi connectivity index (χ2n) is 2.42. The van der Waals surface area contributed by atoms with Crippen LogP contribution in [0.4, 0.5) is 0 Å². The molecule has 1 aromatic carbocycles. The van der Waals surface area contributed by atoms with Crippen molar-refractivity contribution < 1.29 is 20.1 Å². The van der Waals surface area contributed by atoms with E-state index in [-0.39, 0.29) is 11.4 Å². The molecule has 3 N–H and O–H groups in total. The number of hydrogen-bond acceptors (Lipinski definition) is 4. The maximum absolute atomic E-state index is 11.0. The Bertz CT molecular complexity index is 325. The lowest BCUT2D eigenvalue weighted by atomic mass is 10.1. The van der Waals surface area contributed by atoms with Crippen LogP contribution in [0.1, 0.15) is 10.4 Å². The Hall–Kier alpha value is -1.42. The predicted octanol–water partition coefficient (Wildman–Crippen LogP) is 1.22. The van der Waals surface area contributed by atoms with Crippen LogP contribution in [0.15, 0.2) is 12.1 Å². The number of hydrogen-bond donors (Lipinski definition) is 3. The molecule has 5 heteroatoms. The second kappa shape index (κ2) is 3.53. The van der Waals surface area contributed by atoms with Gasteiger partial charge >= 0.3 is 0 Å². The molecule has 0 bridgehead atoms. The number of carbonyl (C=O) groups excluding carboxylic acids is 1. The van der Waals surface area contributed by atoms with Crippen LogP contribution in [0.5, 0.6) is 17.2 Å². The molecule has 0 heterocycles. The number of phenolic OH excluding ortho intramolecular Hbond substituents is 3. The van der Waals surface area contributed by atoms with Crippen molar-refractivity contribution in [2.24, 2.45) is 0 Å². The highest BCUT2D eigenvalue weighted by molar-refractivity contribution is 6.30. The Balaban J connectivity index is 3.20. The highest BCUT2D eigenvalue weighted by Gasteiger charge is 2.12. The number of halogens is 1. The molecule has 0 aliphatic heterocycles. The normalized spacial score (nSPS) is 9.92. The zero-order valence-electron chi connectivity index (χ0n) is 6.49. The SMILES string of the molecule is O=C(CCl)c1cc(O)c(O)c(O)c1. The lowest BCUT2D eigenvalue weighted by Crippen LogP contribution is -1.99. The summed E-state index contributed by atoms with van der Waals surface area (Å²) in [5, 5.41) is 27.0. The highest BCUT2D eigenvalue weighted by atomic mass is 35.5. The van der Waals surface area contributed by atoms with E-state index in [1.54, 1.807) is 0 Å². The summed E-state index contributed by atoms with van der Waals surface area (Å²) in [4.78, 5) is 11.0. The molecular formula is C8H7ClO4. The third-order valence-corrected chi connectivity index (χ3v) is 1.76. The van der Waals surface area contributed by atoms with E-state index in [9.17, 15) is 4.79 Å². The zero-order chi connectivity index (χ0) is 10.0. The Morgan fingerprint density at radius 1 is 1.23 bits per heavy atom. The van der Waals surface area contributed by atoms with Crippen molar-refractivity contribution in [3.8, 4) is 17.2 Å². The van der Waals surface area contributed by atoms with Crippen LogP contribution in [0, 0.1) is 0 Å². The van der Waals surface area contributed by atoms with E-state index in [1.807, 2.05) is 0 Å². The van der Waals surface area contributed by atoms with Gasteiger partial charge in [0.25, 0.3) is 0 Å². The molecule has 0 saturated carbocycles. The summed E-state index contributed by atoms with van der Waals surface area (Å²) < 4.78 is 0. The molecule has 0 aliphatic rings. The quantitative estimate of drug-likeness (QED) is 0.383. The average molecular weight is 203 g/mol. The molecule has 13 heavy (non-hydrogen) atoms. The molecule has 1 aromatic rings. The van der Waals surface area contributed by atoms with Crippen molar-refractivity contribution in [1.82, 2.24) is 0 Å². The number of rotatable bonds is 2. The monoisotopic (exact) mass is 202 g/mol. The Morgan fingerprint density at radius 3 is 2.08 bits per heavy atom. The fourth-order valence-corrected chi connectivity index (χ4v) is 0.997. The largest absolute Gasteiger partial charge is 0.504 e. The van der Waals surface area contributed by atoms with Crippen LogP contribution in [-0.4, -0.2) is 27.0 Å². The van der Waals surface area contributed by atoms with Crippen LogP contribution >= 0.6 is 11.6 Å². The lowest BCUT2D eigenvalue weighted by molar-refractivity contribution is 0.102. The van der Waals surface area contributed by atoms with E-state index in [0.717, 1.165) is 12.1 Å². The Kier molecular flexibility index (Phi) is 2.63. The molecule has 0 spiro atoms. The van der Waals surface area contributed by atoms with E-state index >= 15 is 0 Å². The molecule has 70 valence electrons. The highest BCUT2D eigenvalue weighted by Crippen LogP contribution is 2.35. The number of aromatic hydroxyl groups is 3. The van der Waals surface area contributed by atoms with E-state index in [0.29, 0.717) is 0 Å². The van der Waals surface area contributed by atoms with Gasteiger partial charge in [-0.15, -0.1) is 11.6 Å². The summed E-state index contributed by atoms with van der Waals surface area (Å²) >= 11 is 5.26. The standard InChI is InChI=1S/C8H7ClO4/c9-3-7(12)4-1-5(10)8(13)6(11)2-4/h1-2,10-11,13H,3H2. The number of phenols is 3. The van der Waals surface area contributed by atoms with Crippen molar-refractivity contribution in [1.29, 1.82) is 0 Å². The lowest BCUT2D eigenvalue weighted by Gasteiger charge is -2.03. The smallest absolute Gasteiger partial charge is 0.200 e. The number of benzene rings is 1. The fraction of sp³-hybridized carbons (Fsp3) is 0.125. The number of alkyl halides is 1. The zero-order valence-corrected chi connectivity index (χ0v) is 7.25. The van der Waals surface area contributed by atoms with Crippen molar-refractivity contribution >= 4 is 17.4 Å². The summed E-state index contributed by atoms with van der Waals surface area (Å²) in [5.41, 5.74) is 0.0581. The van der Waals surface area contributed by atoms with Gasteiger partial charge in [-0.25, -0.2) is 0 Å². The van der Waals surface area contributed by atoms with Gasteiger partial charge in [-0.1, -0.05) is 0 Å². The van der Waals surface area contributed by atoms with Crippen LogP contribution < -0.4 is 0 Å². The summed E-state index contributed by atoms with van der Waals surface area (Å²) in [6.07, 6.45) is 0. The predicted molar refractivity (Wildman–Crippen MR) is 46.5 cm³/mol. The van der Waals surface area contributed by atoms with Gasteiger partial charge in [0.05, 0.1) is 5.88 Å². The first-order valence-corrected chi connectivity index (χ1v) is 3.93. The van der Waals surface area contributed by atoms with Crippen LogP contribution in [0.25, 0.3) is 0 Å². The van der Waals surface area contributed by atoms with Gasteiger partial charge in [-0.3, -0.25) is 4.79 Å². The molecular weight excluding hydrogens is 196 g/mol. The van der Waals surface area contributed by atoms with Crippen molar-refractivity contribution in [3.05, 3.63) is 17.7 Å². The minimum absolute atomic E-state index is 0.0581. The van der Waals surface area contributed by atoms with E-state index < -0.39 is 23.0 Å². The first-order valence-electron chi connectivity index (χ1n) is 3.40. The molecule has 0 radical (unpaired) electrons. The van der Waals surface area contributed by atoms with Crippen molar-refractivity contribution in [2.45, 2.75) is 0 Å². The molecule has 0 aliphatic carbocycles. The van der Waals surface area contributed by atoms with Gasteiger partial charge in [0.2, 0.25) is 0 Å². The summed E-state index contributed by atoms with van der Waals surface area (Å²) in [6, 6.07) is 2.08. The Morgan fingerprint density at radius 2 is 1.69 bits per heavy atom. The number of carbonyl (C=O) groups is 1. The first kappa shape index (κ1) is 9.67. The molecule has 0 amide bonds. The third-order valence-electron chi connectivity index (χ3n) is 1.51. The number of Topliss-reactive ketones (excluding diaryl/α,β-unsaturated/α-hetero) is 1. The second-order valence-corrected chi connectivity index (χ2v) is 2.69. The van der Waals surface area contributed by atoms with Gasteiger partial charge < -0.3 is 15.3 Å². The van der Waals surface area contributed by atoms with Gasteiger partial charge in [-0.05, 0) is 12.1 Å².